The lowest BCUT2D eigenvalue weighted by atomic mass is 10.0. The van der Waals surface area contributed by atoms with Crippen molar-refractivity contribution in [3.8, 4) is 0 Å². The lowest BCUT2D eigenvalue weighted by molar-refractivity contribution is 0.102. The van der Waals surface area contributed by atoms with Crippen LogP contribution in [0.15, 0.2) is 30.5 Å². The molecule has 2 aliphatic rings. The van der Waals surface area contributed by atoms with Crippen molar-refractivity contribution in [1.29, 1.82) is 0 Å². The molecule has 2 aromatic rings. The van der Waals surface area contributed by atoms with Gasteiger partial charge in [-0.15, -0.1) is 5.10 Å². The summed E-state index contributed by atoms with van der Waals surface area (Å²) in [5.41, 5.74) is 1.95. The number of carbonyl (C=O) groups is 1. The Balaban J connectivity index is 1.55. The topological polar surface area (TPSA) is 46.9 Å². The van der Waals surface area contributed by atoms with Gasteiger partial charge in [-0.05, 0) is 48.6 Å². The number of hydrogen-bond acceptors (Lipinski definition) is 2. The molecule has 22 heavy (non-hydrogen) atoms. The molecule has 2 unspecified atom stereocenters. The van der Waals surface area contributed by atoms with Crippen molar-refractivity contribution in [3.05, 3.63) is 47.5 Å². The van der Waals surface area contributed by atoms with E-state index >= 15 is 0 Å². The predicted molar refractivity (Wildman–Crippen MR) is 81.1 cm³/mol. The first-order chi connectivity index (χ1) is 10.6. The highest BCUT2D eigenvalue weighted by atomic mass is 19.1. The highest BCUT2D eigenvalue weighted by Crippen LogP contribution is 2.60. The zero-order valence-corrected chi connectivity index (χ0v) is 12.4. The summed E-state index contributed by atoms with van der Waals surface area (Å²) in [5, 5.41) is 6.43. The summed E-state index contributed by atoms with van der Waals surface area (Å²) in [6, 6.07) is 7.86. The van der Waals surface area contributed by atoms with Crippen molar-refractivity contribution in [3.63, 3.8) is 0 Å². The number of halogens is 1. The molecule has 0 saturated heterocycles. The van der Waals surface area contributed by atoms with E-state index < -0.39 is 11.9 Å². The minimum atomic E-state index is -0.736. The Morgan fingerprint density at radius 3 is 2.82 bits per heavy atom. The van der Waals surface area contributed by atoms with E-state index in [1.807, 2.05) is 18.2 Å². The van der Waals surface area contributed by atoms with Crippen molar-refractivity contribution in [2.24, 2.45) is 18.9 Å². The quantitative estimate of drug-likeness (QED) is 0.941. The van der Waals surface area contributed by atoms with Gasteiger partial charge in [0.15, 0.2) is 0 Å². The third-order valence-corrected chi connectivity index (χ3v) is 4.70. The van der Waals surface area contributed by atoms with Gasteiger partial charge < -0.3 is 5.32 Å². The van der Waals surface area contributed by atoms with Crippen LogP contribution in [-0.2, 0) is 7.05 Å². The fraction of sp³-hybridized carbons (Fsp3) is 0.412. The Morgan fingerprint density at radius 1 is 1.36 bits per heavy atom. The molecule has 0 bridgehead atoms. The maximum absolute atomic E-state index is 13.6. The van der Waals surface area contributed by atoms with E-state index in [0.717, 1.165) is 17.5 Å². The molecule has 1 amide bonds. The van der Waals surface area contributed by atoms with Crippen molar-refractivity contribution < 1.29 is 9.18 Å². The first-order valence-corrected chi connectivity index (χ1v) is 7.73. The number of nitrogens with zero attached hydrogens (tertiary/aromatic N) is 2. The number of carbonyl (C=O) groups excluding carboxylic acids is 1. The average Bonchev–Trinajstić information content (AvgIpc) is 3.36. The molecule has 0 radical (unpaired) electrons. The van der Waals surface area contributed by atoms with Gasteiger partial charge >= 0.3 is 0 Å². The predicted octanol–water partition coefficient (Wildman–Crippen LogP) is 3.33. The second-order valence-corrected chi connectivity index (χ2v) is 6.39. The maximum atomic E-state index is 13.6. The van der Waals surface area contributed by atoms with Gasteiger partial charge in [0.05, 0.1) is 0 Å². The van der Waals surface area contributed by atoms with E-state index in [0.29, 0.717) is 5.92 Å². The third kappa shape index (κ3) is 2.40. The van der Waals surface area contributed by atoms with Crippen molar-refractivity contribution >= 4 is 11.6 Å². The van der Waals surface area contributed by atoms with Gasteiger partial charge in [0.1, 0.15) is 5.56 Å². The first kappa shape index (κ1) is 13.5. The number of benzene rings is 1. The molecule has 0 spiro atoms. The molecule has 2 saturated carbocycles. The van der Waals surface area contributed by atoms with Crippen LogP contribution in [0.2, 0.25) is 0 Å². The zero-order chi connectivity index (χ0) is 15.3. The van der Waals surface area contributed by atoms with E-state index in [2.05, 4.69) is 16.5 Å². The highest BCUT2D eigenvalue weighted by molar-refractivity contribution is 6.04. The Hall–Kier alpha value is -2.17. The molecule has 1 heterocycles. The molecule has 4 rings (SSSR count). The molecule has 0 aliphatic heterocycles. The van der Waals surface area contributed by atoms with Crippen molar-refractivity contribution in [2.75, 3.05) is 5.32 Å². The number of aromatic nitrogens is 2. The van der Waals surface area contributed by atoms with E-state index in [1.54, 1.807) is 7.05 Å². The molecule has 2 atom stereocenters. The smallest absolute Gasteiger partial charge is 0.261 e. The fourth-order valence-electron chi connectivity index (χ4n) is 3.36. The van der Waals surface area contributed by atoms with Crippen LogP contribution in [0.4, 0.5) is 10.1 Å². The zero-order valence-electron chi connectivity index (χ0n) is 12.4. The SMILES string of the molecule is Cn1cc(C(=O)Nc2ccccc2C2CC2C2CC2)c(F)n1. The summed E-state index contributed by atoms with van der Waals surface area (Å²) in [7, 11) is 1.60. The van der Waals surface area contributed by atoms with E-state index in [4.69, 9.17) is 0 Å². The minimum absolute atomic E-state index is 0.0214. The molecular formula is C17H18FN3O. The van der Waals surface area contributed by atoms with Crippen LogP contribution >= 0.6 is 0 Å². The van der Waals surface area contributed by atoms with E-state index in [-0.39, 0.29) is 5.56 Å². The van der Waals surface area contributed by atoms with Crippen LogP contribution < -0.4 is 5.32 Å². The van der Waals surface area contributed by atoms with Gasteiger partial charge in [-0.1, -0.05) is 18.2 Å². The average molecular weight is 299 g/mol. The van der Waals surface area contributed by atoms with Crippen LogP contribution in [0, 0.1) is 17.8 Å². The van der Waals surface area contributed by atoms with Crippen LogP contribution in [0.1, 0.15) is 41.1 Å². The normalized spacial score (nSPS) is 23.4. The molecule has 2 aliphatic carbocycles. The standard InChI is InChI=1S/C17H18FN3O/c1-21-9-14(16(18)20-21)17(22)19-15-5-3-2-4-11(15)13-8-12(13)10-6-7-10/h2-5,9-10,12-13H,6-8H2,1H3,(H,19,22). The molecule has 114 valence electrons. The lowest BCUT2D eigenvalue weighted by Gasteiger charge is -2.10. The summed E-state index contributed by atoms with van der Waals surface area (Å²) in [6.45, 7) is 0. The first-order valence-electron chi connectivity index (χ1n) is 7.73. The van der Waals surface area contributed by atoms with Crippen LogP contribution in [-0.4, -0.2) is 15.7 Å². The Kier molecular flexibility index (Phi) is 3.03. The van der Waals surface area contributed by atoms with Crippen molar-refractivity contribution in [1.82, 2.24) is 9.78 Å². The molecule has 1 aromatic carbocycles. The monoisotopic (exact) mass is 299 g/mol. The molecule has 2 fully saturated rings. The van der Waals surface area contributed by atoms with Crippen LogP contribution in [0.3, 0.4) is 0 Å². The number of hydrogen-bond donors (Lipinski definition) is 1. The van der Waals surface area contributed by atoms with Gasteiger partial charge in [0.25, 0.3) is 5.91 Å². The third-order valence-electron chi connectivity index (χ3n) is 4.70. The summed E-state index contributed by atoms with van der Waals surface area (Å²) < 4.78 is 14.9. The van der Waals surface area contributed by atoms with E-state index in [9.17, 15) is 9.18 Å². The fourth-order valence-corrected chi connectivity index (χ4v) is 3.36. The number of nitrogens with one attached hydrogen (secondary N) is 1. The summed E-state index contributed by atoms with van der Waals surface area (Å²) in [4.78, 5) is 12.3. The highest BCUT2D eigenvalue weighted by Gasteiger charge is 2.48. The second-order valence-electron chi connectivity index (χ2n) is 6.39. The number of anilines is 1. The van der Waals surface area contributed by atoms with E-state index in [1.165, 1.54) is 35.7 Å². The Bertz CT molecular complexity index is 735. The number of amides is 1. The summed E-state index contributed by atoms with van der Waals surface area (Å²) >= 11 is 0. The van der Waals surface area contributed by atoms with Gasteiger partial charge in [-0.3, -0.25) is 9.48 Å². The summed E-state index contributed by atoms with van der Waals surface area (Å²) in [5.74, 6) is 1.02. The molecule has 1 aromatic heterocycles. The van der Waals surface area contributed by atoms with Crippen molar-refractivity contribution in [2.45, 2.75) is 25.2 Å². The molecule has 1 N–H and O–H groups in total. The largest absolute Gasteiger partial charge is 0.322 e. The van der Waals surface area contributed by atoms with Gasteiger partial charge in [-0.25, -0.2) is 0 Å². The van der Waals surface area contributed by atoms with Gasteiger partial charge in [0.2, 0.25) is 5.95 Å². The number of para-hydroxylation sites is 1. The second kappa shape index (κ2) is 4.93. The maximum Gasteiger partial charge on any atom is 0.261 e. The Morgan fingerprint density at radius 2 is 2.14 bits per heavy atom. The van der Waals surface area contributed by atoms with Gasteiger partial charge in [0, 0.05) is 18.9 Å². The lowest BCUT2D eigenvalue weighted by Crippen LogP contribution is -2.14. The molecule has 5 heteroatoms. The Labute approximate surface area is 128 Å². The minimum Gasteiger partial charge on any atom is -0.322 e. The molecular weight excluding hydrogens is 281 g/mol. The van der Waals surface area contributed by atoms with Crippen LogP contribution in [0.25, 0.3) is 0 Å². The van der Waals surface area contributed by atoms with Gasteiger partial charge in [-0.2, -0.15) is 4.39 Å². The van der Waals surface area contributed by atoms with Crippen LogP contribution in [0.5, 0.6) is 0 Å². The number of rotatable bonds is 4. The number of aryl methyl sites for hydroxylation is 1. The summed E-state index contributed by atoms with van der Waals surface area (Å²) in [6.07, 6.45) is 5.30. The molecule has 4 nitrogen and oxygen atoms in total.